The van der Waals surface area contributed by atoms with Crippen molar-refractivity contribution >= 4 is 0 Å². The first-order chi connectivity index (χ1) is 4.86. The molecule has 58 valence electrons. The van der Waals surface area contributed by atoms with Gasteiger partial charge in [-0.05, 0) is 24.7 Å². The Bertz CT molecular complexity index is 118. The zero-order valence-corrected chi connectivity index (χ0v) is 6.77. The largest absolute Gasteiger partial charge is 0.311 e. The third kappa shape index (κ3) is 1.72. The molecule has 1 saturated heterocycles. The number of hydrogen-bond donors (Lipinski definition) is 1. The van der Waals surface area contributed by atoms with Crippen LogP contribution in [0.2, 0.25) is 0 Å². The summed E-state index contributed by atoms with van der Waals surface area (Å²) in [6, 6.07) is 0.911. The molecule has 1 N–H and O–H groups in total. The summed E-state index contributed by atoms with van der Waals surface area (Å²) in [5.41, 5.74) is 0. The van der Waals surface area contributed by atoms with Crippen LogP contribution in [0.1, 0.15) is 32.6 Å². The second-order valence-corrected chi connectivity index (χ2v) is 4.01. The Balaban J connectivity index is 1.48. The predicted octanol–water partition coefficient (Wildman–Crippen LogP) is 1.78. The van der Waals surface area contributed by atoms with Gasteiger partial charge in [0.05, 0.1) is 0 Å². The van der Waals surface area contributed by atoms with Crippen LogP contribution in [0.4, 0.5) is 0 Å². The monoisotopic (exact) mass is 139 g/mol. The molecule has 2 aliphatic rings. The van der Waals surface area contributed by atoms with Crippen LogP contribution in [0.5, 0.6) is 0 Å². The minimum absolute atomic E-state index is 0.911. The molecular formula is C9H17N. The topological polar surface area (TPSA) is 21.9 Å². The van der Waals surface area contributed by atoms with Crippen molar-refractivity contribution in [1.29, 1.82) is 0 Å². The van der Waals surface area contributed by atoms with Crippen molar-refractivity contribution < 1.29 is 0 Å². The molecule has 3 atom stereocenters. The Morgan fingerprint density at radius 3 is 2.60 bits per heavy atom. The van der Waals surface area contributed by atoms with E-state index in [1.807, 2.05) is 0 Å². The fraction of sp³-hybridized carbons (Fsp3) is 1.00. The van der Waals surface area contributed by atoms with Gasteiger partial charge in [-0.2, -0.15) is 0 Å². The standard InChI is InChI=1S/C9H17N/c1-7-5-8(7)3-2-4-9-6-10-9/h7-10H,2-6H2,1H3. The first-order valence-corrected chi connectivity index (χ1v) is 4.59. The second-order valence-electron chi connectivity index (χ2n) is 4.01. The van der Waals surface area contributed by atoms with E-state index in [0.29, 0.717) is 0 Å². The lowest BCUT2D eigenvalue weighted by atomic mass is 10.1. The molecule has 0 aromatic carbocycles. The van der Waals surface area contributed by atoms with Crippen molar-refractivity contribution in [3.8, 4) is 0 Å². The van der Waals surface area contributed by atoms with Gasteiger partial charge in [-0.1, -0.05) is 19.8 Å². The van der Waals surface area contributed by atoms with E-state index in [9.17, 15) is 0 Å². The average Bonchev–Trinajstić information content (AvgIpc) is 2.73. The van der Waals surface area contributed by atoms with Gasteiger partial charge in [-0.15, -0.1) is 0 Å². The van der Waals surface area contributed by atoms with Gasteiger partial charge in [0.15, 0.2) is 0 Å². The van der Waals surface area contributed by atoms with Crippen molar-refractivity contribution in [2.24, 2.45) is 11.8 Å². The summed E-state index contributed by atoms with van der Waals surface area (Å²) in [5, 5.41) is 3.34. The summed E-state index contributed by atoms with van der Waals surface area (Å²) < 4.78 is 0. The molecule has 1 aliphatic carbocycles. The average molecular weight is 139 g/mol. The maximum Gasteiger partial charge on any atom is 0.0193 e. The summed E-state index contributed by atoms with van der Waals surface area (Å²) in [5.74, 6) is 2.17. The molecule has 10 heavy (non-hydrogen) atoms. The van der Waals surface area contributed by atoms with Gasteiger partial charge in [0.25, 0.3) is 0 Å². The Hall–Kier alpha value is -0.0400. The highest BCUT2D eigenvalue weighted by molar-refractivity contribution is 4.86. The van der Waals surface area contributed by atoms with E-state index in [2.05, 4.69) is 12.2 Å². The van der Waals surface area contributed by atoms with E-state index in [1.165, 1.54) is 32.2 Å². The van der Waals surface area contributed by atoms with Gasteiger partial charge in [0.2, 0.25) is 0 Å². The van der Waals surface area contributed by atoms with E-state index in [0.717, 1.165) is 17.9 Å². The van der Waals surface area contributed by atoms with Crippen LogP contribution in [0.25, 0.3) is 0 Å². The minimum atomic E-state index is 0.911. The van der Waals surface area contributed by atoms with Gasteiger partial charge < -0.3 is 5.32 Å². The fourth-order valence-electron chi connectivity index (χ4n) is 1.72. The molecule has 2 fully saturated rings. The zero-order chi connectivity index (χ0) is 6.97. The van der Waals surface area contributed by atoms with E-state index >= 15 is 0 Å². The van der Waals surface area contributed by atoms with Crippen molar-refractivity contribution in [3.05, 3.63) is 0 Å². The van der Waals surface area contributed by atoms with E-state index < -0.39 is 0 Å². The Labute approximate surface area is 63.2 Å². The van der Waals surface area contributed by atoms with Crippen molar-refractivity contribution in [3.63, 3.8) is 0 Å². The minimum Gasteiger partial charge on any atom is -0.311 e. The third-order valence-electron chi connectivity index (χ3n) is 2.90. The molecule has 0 bridgehead atoms. The lowest BCUT2D eigenvalue weighted by Gasteiger charge is -1.95. The molecule has 1 aliphatic heterocycles. The summed E-state index contributed by atoms with van der Waals surface area (Å²) in [6.07, 6.45) is 5.91. The molecule has 3 unspecified atom stereocenters. The zero-order valence-electron chi connectivity index (χ0n) is 6.77. The highest BCUT2D eigenvalue weighted by atomic mass is 15.1. The van der Waals surface area contributed by atoms with Crippen LogP contribution < -0.4 is 5.32 Å². The molecule has 1 nitrogen and oxygen atoms in total. The van der Waals surface area contributed by atoms with Crippen LogP contribution in [-0.2, 0) is 0 Å². The van der Waals surface area contributed by atoms with Crippen LogP contribution in [0, 0.1) is 11.8 Å². The van der Waals surface area contributed by atoms with Gasteiger partial charge in [-0.25, -0.2) is 0 Å². The fourth-order valence-corrected chi connectivity index (χ4v) is 1.72. The Morgan fingerprint density at radius 1 is 1.40 bits per heavy atom. The Kier molecular flexibility index (Phi) is 1.69. The first-order valence-electron chi connectivity index (χ1n) is 4.59. The molecule has 1 heterocycles. The summed E-state index contributed by atoms with van der Waals surface area (Å²) in [7, 11) is 0. The number of hydrogen-bond acceptors (Lipinski definition) is 1. The summed E-state index contributed by atoms with van der Waals surface area (Å²) in [4.78, 5) is 0. The summed E-state index contributed by atoms with van der Waals surface area (Å²) >= 11 is 0. The van der Waals surface area contributed by atoms with Crippen LogP contribution >= 0.6 is 0 Å². The third-order valence-corrected chi connectivity index (χ3v) is 2.90. The van der Waals surface area contributed by atoms with Crippen LogP contribution in [0.15, 0.2) is 0 Å². The van der Waals surface area contributed by atoms with Gasteiger partial charge in [0, 0.05) is 12.6 Å². The maximum atomic E-state index is 3.34. The quantitative estimate of drug-likeness (QED) is 0.589. The van der Waals surface area contributed by atoms with Gasteiger partial charge in [-0.3, -0.25) is 0 Å². The number of nitrogens with one attached hydrogen (secondary N) is 1. The van der Waals surface area contributed by atoms with Crippen LogP contribution in [-0.4, -0.2) is 12.6 Å². The molecule has 0 aromatic heterocycles. The highest BCUT2D eigenvalue weighted by Crippen LogP contribution is 2.41. The van der Waals surface area contributed by atoms with E-state index in [4.69, 9.17) is 0 Å². The van der Waals surface area contributed by atoms with Crippen molar-refractivity contribution in [1.82, 2.24) is 5.32 Å². The van der Waals surface area contributed by atoms with Crippen LogP contribution in [0.3, 0.4) is 0 Å². The molecule has 0 aromatic rings. The number of rotatable bonds is 4. The molecule has 0 amide bonds. The molecule has 1 heteroatoms. The maximum absolute atomic E-state index is 3.34. The first kappa shape index (κ1) is 6.66. The summed E-state index contributed by atoms with van der Waals surface area (Å²) in [6.45, 7) is 3.67. The molecule has 0 spiro atoms. The molecule has 1 saturated carbocycles. The van der Waals surface area contributed by atoms with Crippen molar-refractivity contribution in [2.45, 2.75) is 38.6 Å². The predicted molar refractivity (Wildman–Crippen MR) is 42.9 cm³/mol. The van der Waals surface area contributed by atoms with E-state index in [-0.39, 0.29) is 0 Å². The molecule has 2 rings (SSSR count). The Morgan fingerprint density at radius 2 is 2.10 bits per heavy atom. The highest BCUT2D eigenvalue weighted by Gasteiger charge is 2.32. The molecule has 0 radical (unpaired) electrons. The lowest BCUT2D eigenvalue weighted by molar-refractivity contribution is 0.597. The van der Waals surface area contributed by atoms with Gasteiger partial charge >= 0.3 is 0 Å². The van der Waals surface area contributed by atoms with E-state index in [1.54, 1.807) is 0 Å². The second kappa shape index (κ2) is 2.54. The normalized spacial score (nSPS) is 43.5. The SMILES string of the molecule is CC1CC1CCCC1CN1. The molecular weight excluding hydrogens is 122 g/mol. The van der Waals surface area contributed by atoms with Crippen molar-refractivity contribution in [2.75, 3.05) is 6.54 Å². The van der Waals surface area contributed by atoms with Gasteiger partial charge in [0.1, 0.15) is 0 Å². The smallest absolute Gasteiger partial charge is 0.0193 e. The lowest BCUT2D eigenvalue weighted by Crippen LogP contribution is -1.90.